The molecule has 0 saturated carbocycles. The van der Waals surface area contributed by atoms with Gasteiger partial charge in [-0.2, -0.15) is 0 Å². The molecule has 86 valence electrons. The maximum absolute atomic E-state index is 13.7. The lowest BCUT2D eigenvalue weighted by molar-refractivity contribution is 0.0989. The topological polar surface area (TPSA) is 17.1 Å². The highest BCUT2D eigenvalue weighted by Crippen LogP contribution is 2.17. The summed E-state index contributed by atoms with van der Waals surface area (Å²) in [6.07, 6.45) is 0.234. The van der Waals surface area contributed by atoms with Crippen molar-refractivity contribution in [3.63, 3.8) is 0 Å². The van der Waals surface area contributed by atoms with Gasteiger partial charge < -0.3 is 0 Å². The Morgan fingerprint density at radius 2 is 1.76 bits per heavy atom. The van der Waals surface area contributed by atoms with E-state index in [2.05, 4.69) is 0 Å². The number of benzene rings is 2. The summed E-state index contributed by atoms with van der Waals surface area (Å²) in [6, 6.07) is 14.2. The van der Waals surface area contributed by atoms with Gasteiger partial charge in [0.05, 0.1) is 5.56 Å². The van der Waals surface area contributed by atoms with Gasteiger partial charge in [0.15, 0.2) is 5.78 Å². The number of rotatable bonds is 3. The number of halogens is 2. The fourth-order valence-electron chi connectivity index (χ4n) is 1.60. The Labute approximate surface area is 113 Å². The molecule has 0 saturated heterocycles. The molecule has 2 aromatic carbocycles. The second kappa shape index (κ2) is 5.40. The van der Waals surface area contributed by atoms with Gasteiger partial charge in [-0.15, -0.1) is 0 Å². The fraction of sp³-hybridized carbons (Fsp3) is 0.0714. The molecule has 1 nitrogen and oxygen atoms in total. The number of Topliss-reactive ketones (excluding diaryl/α,β-unsaturated/α-hetero) is 1. The first-order valence-corrected chi connectivity index (χ1v) is 6.27. The molecule has 0 aromatic heterocycles. The molecule has 0 aliphatic heterocycles. The highest BCUT2D eigenvalue weighted by Gasteiger charge is 2.13. The van der Waals surface area contributed by atoms with Crippen LogP contribution in [0.3, 0.4) is 0 Å². The van der Waals surface area contributed by atoms with Crippen molar-refractivity contribution in [2.45, 2.75) is 6.42 Å². The Kier molecular flexibility index (Phi) is 3.89. The summed E-state index contributed by atoms with van der Waals surface area (Å²) >= 11 is 1.89. The zero-order valence-electron chi connectivity index (χ0n) is 8.99. The summed E-state index contributed by atoms with van der Waals surface area (Å²) in [7, 11) is 0. The molecule has 2 aromatic rings. The molecule has 0 spiro atoms. The summed E-state index contributed by atoms with van der Waals surface area (Å²) in [5.41, 5.74) is 1.07. The van der Waals surface area contributed by atoms with Crippen molar-refractivity contribution in [3.05, 3.63) is 69.0 Å². The SMILES string of the molecule is O=C(Cc1ccccc1)c1cccc(I)c1F. The van der Waals surface area contributed by atoms with Crippen molar-refractivity contribution < 1.29 is 9.18 Å². The average molecular weight is 340 g/mol. The first kappa shape index (κ1) is 12.2. The smallest absolute Gasteiger partial charge is 0.170 e. The van der Waals surface area contributed by atoms with Gasteiger partial charge in [-0.25, -0.2) is 4.39 Å². The molecule has 0 aliphatic rings. The lowest BCUT2D eigenvalue weighted by atomic mass is 10.0. The van der Waals surface area contributed by atoms with Crippen molar-refractivity contribution in [1.29, 1.82) is 0 Å². The molecule has 0 aliphatic carbocycles. The molecule has 0 unspecified atom stereocenters. The van der Waals surface area contributed by atoms with E-state index in [-0.39, 0.29) is 17.8 Å². The molecule has 2 rings (SSSR count). The number of hydrogen-bond acceptors (Lipinski definition) is 1. The van der Waals surface area contributed by atoms with Gasteiger partial charge in [-0.3, -0.25) is 4.79 Å². The first-order chi connectivity index (χ1) is 8.18. The minimum absolute atomic E-state index is 0.167. The van der Waals surface area contributed by atoms with Crippen LogP contribution in [0.1, 0.15) is 15.9 Å². The Morgan fingerprint density at radius 1 is 1.06 bits per heavy atom. The number of hydrogen-bond donors (Lipinski definition) is 0. The molecule has 17 heavy (non-hydrogen) atoms. The zero-order chi connectivity index (χ0) is 12.3. The van der Waals surface area contributed by atoms with E-state index in [1.807, 2.05) is 52.9 Å². The molecule has 0 amide bonds. The third-order valence-corrected chi connectivity index (χ3v) is 3.29. The molecular formula is C14H10FIO. The summed E-state index contributed by atoms with van der Waals surface area (Å²) in [5.74, 6) is -0.610. The summed E-state index contributed by atoms with van der Waals surface area (Å²) < 4.78 is 14.2. The molecule has 0 N–H and O–H groups in total. The van der Waals surface area contributed by atoms with E-state index >= 15 is 0 Å². The van der Waals surface area contributed by atoms with Gasteiger partial charge in [0.2, 0.25) is 0 Å². The molecule has 0 fully saturated rings. The van der Waals surface area contributed by atoms with Crippen LogP contribution in [0.4, 0.5) is 4.39 Å². The predicted molar refractivity (Wildman–Crippen MR) is 73.6 cm³/mol. The second-order valence-electron chi connectivity index (χ2n) is 3.69. The third-order valence-electron chi connectivity index (χ3n) is 2.46. The van der Waals surface area contributed by atoms with Gasteiger partial charge in [0, 0.05) is 9.99 Å². The van der Waals surface area contributed by atoms with Gasteiger partial charge >= 0.3 is 0 Å². The monoisotopic (exact) mass is 340 g/mol. The van der Waals surface area contributed by atoms with Gasteiger partial charge in [-0.1, -0.05) is 36.4 Å². The average Bonchev–Trinajstić information content (AvgIpc) is 2.34. The van der Waals surface area contributed by atoms with Crippen LogP contribution in [-0.4, -0.2) is 5.78 Å². The quantitative estimate of drug-likeness (QED) is 0.613. The Morgan fingerprint density at radius 3 is 2.47 bits per heavy atom. The molecule has 0 atom stereocenters. The van der Waals surface area contributed by atoms with E-state index in [1.54, 1.807) is 12.1 Å². The molecule has 0 heterocycles. The first-order valence-electron chi connectivity index (χ1n) is 5.19. The van der Waals surface area contributed by atoms with Crippen LogP contribution < -0.4 is 0 Å². The number of carbonyl (C=O) groups is 1. The maximum atomic E-state index is 13.7. The van der Waals surface area contributed by atoms with Crippen LogP contribution in [0, 0.1) is 9.39 Å². The van der Waals surface area contributed by atoms with E-state index in [0.717, 1.165) is 5.56 Å². The normalized spacial score (nSPS) is 10.2. The van der Waals surface area contributed by atoms with Crippen LogP contribution >= 0.6 is 22.6 Å². The van der Waals surface area contributed by atoms with E-state index in [9.17, 15) is 9.18 Å². The van der Waals surface area contributed by atoms with Crippen molar-refractivity contribution in [3.8, 4) is 0 Å². The van der Waals surface area contributed by atoms with E-state index in [4.69, 9.17) is 0 Å². The third kappa shape index (κ3) is 2.91. The lowest BCUT2D eigenvalue weighted by Gasteiger charge is -2.04. The van der Waals surface area contributed by atoms with E-state index in [1.165, 1.54) is 6.07 Å². The van der Waals surface area contributed by atoms with Crippen molar-refractivity contribution in [1.82, 2.24) is 0 Å². The van der Waals surface area contributed by atoms with Crippen molar-refractivity contribution in [2.24, 2.45) is 0 Å². The summed E-state index contributed by atoms with van der Waals surface area (Å²) in [6.45, 7) is 0. The maximum Gasteiger partial charge on any atom is 0.170 e. The Bertz CT molecular complexity index is 537. The van der Waals surface area contributed by atoms with E-state index < -0.39 is 5.82 Å². The molecule has 3 heteroatoms. The number of ketones is 1. The standard InChI is InChI=1S/C14H10FIO/c15-14-11(7-4-8-12(14)16)13(17)9-10-5-2-1-3-6-10/h1-8H,9H2. The van der Waals surface area contributed by atoms with Gasteiger partial charge in [0.1, 0.15) is 5.82 Å². The zero-order valence-corrected chi connectivity index (χ0v) is 11.1. The predicted octanol–water partition coefficient (Wildman–Crippen LogP) is 3.86. The minimum atomic E-state index is -0.422. The summed E-state index contributed by atoms with van der Waals surface area (Å²) in [4.78, 5) is 11.9. The number of carbonyl (C=O) groups excluding carboxylic acids is 1. The highest BCUT2D eigenvalue weighted by atomic mass is 127. The van der Waals surface area contributed by atoms with Crippen LogP contribution in [0.2, 0.25) is 0 Å². The van der Waals surface area contributed by atoms with E-state index in [0.29, 0.717) is 3.57 Å². The highest BCUT2D eigenvalue weighted by molar-refractivity contribution is 14.1. The second-order valence-corrected chi connectivity index (χ2v) is 4.85. The van der Waals surface area contributed by atoms with Crippen molar-refractivity contribution >= 4 is 28.4 Å². The Hall–Kier alpha value is -1.23. The van der Waals surface area contributed by atoms with Gasteiger partial charge in [0.25, 0.3) is 0 Å². The van der Waals surface area contributed by atoms with Crippen LogP contribution in [-0.2, 0) is 6.42 Å². The van der Waals surface area contributed by atoms with Gasteiger partial charge in [-0.05, 0) is 40.3 Å². The minimum Gasteiger partial charge on any atom is -0.294 e. The largest absolute Gasteiger partial charge is 0.294 e. The Balaban J connectivity index is 2.24. The van der Waals surface area contributed by atoms with Crippen LogP contribution in [0.25, 0.3) is 0 Å². The van der Waals surface area contributed by atoms with Crippen molar-refractivity contribution in [2.75, 3.05) is 0 Å². The van der Waals surface area contributed by atoms with Crippen LogP contribution in [0.5, 0.6) is 0 Å². The molecule has 0 bridgehead atoms. The summed E-state index contributed by atoms with van der Waals surface area (Å²) in [5, 5.41) is 0. The molecular weight excluding hydrogens is 330 g/mol. The molecule has 0 radical (unpaired) electrons. The van der Waals surface area contributed by atoms with Crippen LogP contribution in [0.15, 0.2) is 48.5 Å². The lowest BCUT2D eigenvalue weighted by Crippen LogP contribution is -2.07. The fourth-order valence-corrected chi connectivity index (χ4v) is 2.09.